The third-order valence-electron chi connectivity index (χ3n) is 1.96. The molecule has 0 radical (unpaired) electrons. The molecule has 0 bridgehead atoms. The van der Waals surface area contributed by atoms with Crippen molar-refractivity contribution in [3.05, 3.63) is 0 Å². The number of rotatable bonds is 9. The van der Waals surface area contributed by atoms with Gasteiger partial charge in [-0.1, -0.05) is 0 Å². The Morgan fingerprint density at radius 2 is 1.23 bits per heavy atom. The van der Waals surface area contributed by atoms with Gasteiger partial charge in [-0.15, -0.1) is 0 Å². The molecule has 0 rings (SSSR count). The van der Waals surface area contributed by atoms with Crippen molar-refractivity contribution in [3.63, 3.8) is 0 Å². The van der Waals surface area contributed by atoms with E-state index in [2.05, 4.69) is 0 Å². The average Bonchev–Trinajstić information content (AvgIpc) is 2.13. The maximum Gasteiger partial charge on any atom is 0.0558 e. The molecule has 0 aromatic carbocycles. The third-order valence-corrected chi connectivity index (χ3v) is 1.96. The summed E-state index contributed by atoms with van der Waals surface area (Å²) in [4.78, 5) is 2.03. The summed E-state index contributed by atoms with van der Waals surface area (Å²) in [6.45, 7) is 2.67. The van der Waals surface area contributed by atoms with Gasteiger partial charge in [0.15, 0.2) is 0 Å². The molecule has 0 aliphatic heterocycles. The minimum absolute atomic E-state index is 0.139. The summed E-state index contributed by atoms with van der Waals surface area (Å²) in [7, 11) is 0. The van der Waals surface area contributed by atoms with Crippen LogP contribution in [0.5, 0.6) is 0 Å². The van der Waals surface area contributed by atoms with Crippen LogP contribution in [0.25, 0.3) is 0 Å². The highest BCUT2D eigenvalue weighted by molar-refractivity contribution is 4.56. The molecule has 0 aliphatic carbocycles. The molecule has 0 saturated heterocycles. The van der Waals surface area contributed by atoms with Crippen LogP contribution in [0.1, 0.15) is 19.3 Å². The summed E-state index contributed by atoms with van der Waals surface area (Å²) in [6, 6.07) is 0. The Hall–Kier alpha value is -0.160. The highest BCUT2D eigenvalue weighted by Gasteiger charge is 2.01. The molecule has 0 spiro atoms. The highest BCUT2D eigenvalue weighted by Crippen LogP contribution is 1.97. The SMILES string of the molecule is OCCCCCN(CCO)CCO. The second-order valence-corrected chi connectivity index (χ2v) is 3.07. The van der Waals surface area contributed by atoms with E-state index in [-0.39, 0.29) is 19.8 Å². The molecule has 80 valence electrons. The number of aliphatic hydroxyl groups is 3. The van der Waals surface area contributed by atoms with Crippen LogP contribution < -0.4 is 0 Å². The van der Waals surface area contributed by atoms with Crippen molar-refractivity contribution in [3.8, 4) is 0 Å². The molecular weight excluding hydrogens is 170 g/mol. The Labute approximate surface area is 79.8 Å². The fraction of sp³-hybridized carbons (Fsp3) is 1.00. The lowest BCUT2D eigenvalue weighted by Gasteiger charge is -2.19. The molecule has 0 saturated carbocycles. The second-order valence-electron chi connectivity index (χ2n) is 3.07. The molecule has 0 atom stereocenters. The summed E-state index contributed by atoms with van der Waals surface area (Å²) in [6.07, 6.45) is 2.86. The van der Waals surface area contributed by atoms with Gasteiger partial charge in [-0.25, -0.2) is 0 Å². The predicted molar refractivity (Wildman–Crippen MR) is 51.5 cm³/mol. The Balaban J connectivity index is 3.33. The number of unbranched alkanes of at least 4 members (excludes halogenated alkanes) is 2. The largest absolute Gasteiger partial charge is 0.396 e. The van der Waals surface area contributed by atoms with Crippen LogP contribution in [0.2, 0.25) is 0 Å². The number of aliphatic hydroxyl groups excluding tert-OH is 3. The minimum atomic E-state index is 0.139. The molecule has 0 aromatic heterocycles. The minimum Gasteiger partial charge on any atom is -0.396 e. The van der Waals surface area contributed by atoms with Gasteiger partial charge in [-0.2, -0.15) is 0 Å². The van der Waals surface area contributed by atoms with Crippen molar-refractivity contribution in [2.24, 2.45) is 0 Å². The van der Waals surface area contributed by atoms with Gasteiger partial charge >= 0.3 is 0 Å². The van der Waals surface area contributed by atoms with Gasteiger partial charge in [0.2, 0.25) is 0 Å². The molecule has 3 N–H and O–H groups in total. The predicted octanol–water partition coefficient (Wildman–Crippen LogP) is -0.564. The lowest BCUT2D eigenvalue weighted by atomic mass is 10.2. The first-order valence-electron chi connectivity index (χ1n) is 4.90. The topological polar surface area (TPSA) is 63.9 Å². The zero-order chi connectivity index (χ0) is 9.94. The van der Waals surface area contributed by atoms with Crippen LogP contribution >= 0.6 is 0 Å². The summed E-state index contributed by atoms with van der Waals surface area (Å²) in [5.41, 5.74) is 0. The summed E-state index contributed by atoms with van der Waals surface area (Å²) in [5.74, 6) is 0. The summed E-state index contributed by atoms with van der Waals surface area (Å²) in [5, 5.41) is 26.0. The maximum absolute atomic E-state index is 8.70. The second kappa shape index (κ2) is 9.92. The van der Waals surface area contributed by atoms with E-state index in [0.29, 0.717) is 13.1 Å². The molecule has 0 amide bonds. The first-order valence-corrected chi connectivity index (χ1v) is 4.90. The maximum atomic E-state index is 8.70. The standard InChI is InChI=1S/C9H21NO3/c11-7-3-1-2-4-10(5-8-12)6-9-13/h11-13H,1-9H2. The normalized spacial score (nSPS) is 11.1. The first-order chi connectivity index (χ1) is 6.35. The lowest BCUT2D eigenvalue weighted by Crippen LogP contribution is -2.30. The van der Waals surface area contributed by atoms with Gasteiger partial charge in [-0.05, 0) is 25.8 Å². The van der Waals surface area contributed by atoms with Crippen molar-refractivity contribution in [2.75, 3.05) is 39.5 Å². The lowest BCUT2D eigenvalue weighted by molar-refractivity contribution is 0.158. The van der Waals surface area contributed by atoms with E-state index < -0.39 is 0 Å². The number of nitrogens with zero attached hydrogens (tertiary/aromatic N) is 1. The van der Waals surface area contributed by atoms with Crippen molar-refractivity contribution < 1.29 is 15.3 Å². The molecule has 0 aromatic rings. The van der Waals surface area contributed by atoms with Crippen molar-refractivity contribution in [1.82, 2.24) is 4.90 Å². The van der Waals surface area contributed by atoms with Crippen LogP contribution in [0.4, 0.5) is 0 Å². The highest BCUT2D eigenvalue weighted by atomic mass is 16.3. The van der Waals surface area contributed by atoms with E-state index >= 15 is 0 Å². The summed E-state index contributed by atoms with van der Waals surface area (Å²) >= 11 is 0. The molecule has 4 heteroatoms. The van der Waals surface area contributed by atoms with E-state index in [4.69, 9.17) is 15.3 Å². The monoisotopic (exact) mass is 191 g/mol. The van der Waals surface area contributed by atoms with E-state index in [1.54, 1.807) is 0 Å². The zero-order valence-electron chi connectivity index (χ0n) is 8.15. The third kappa shape index (κ3) is 8.18. The van der Waals surface area contributed by atoms with E-state index in [9.17, 15) is 0 Å². The average molecular weight is 191 g/mol. The Bertz CT molecular complexity index is 94.9. The summed E-state index contributed by atoms with van der Waals surface area (Å²) < 4.78 is 0. The van der Waals surface area contributed by atoms with Gasteiger partial charge in [0.25, 0.3) is 0 Å². The van der Waals surface area contributed by atoms with Crippen molar-refractivity contribution >= 4 is 0 Å². The van der Waals surface area contributed by atoms with Crippen molar-refractivity contribution in [1.29, 1.82) is 0 Å². The van der Waals surface area contributed by atoms with Crippen LogP contribution in [-0.2, 0) is 0 Å². The molecule has 4 nitrogen and oxygen atoms in total. The van der Waals surface area contributed by atoms with Gasteiger partial charge < -0.3 is 15.3 Å². The van der Waals surface area contributed by atoms with Crippen molar-refractivity contribution in [2.45, 2.75) is 19.3 Å². The van der Waals surface area contributed by atoms with E-state index in [0.717, 1.165) is 25.8 Å². The van der Waals surface area contributed by atoms with Gasteiger partial charge in [-0.3, -0.25) is 4.90 Å². The first kappa shape index (κ1) is 12.8. The molecule has 0 heterocycles. The molecule has 0 fully saturated rings. The zero-order valence-corrected chi connectivity index (χ0v) is 8.15. The van der Waals surface area contributed by atoms with E-state index in [1.807, 2.05) is 4.90 Å². The molecular formula is C9H21NO3. The molecule has 0 aliphatic rings. The Morgan fingerprint density at radius 1 is 0.615 bits per heavy atom. The van der Waals surface area contributed by atoms with Crippen LogP contribution in [-0.4, -0.2) is 59.7 Å². The van der Waals surface area contributed by atoms with Crippen LogP contribution in [0, 0.1) is 0 Å². The van der Waals surface area contributed by atoms with Crippen LogP contribution in [0.15, 0.2) is 0 Å². The molecule has 13 heavy (non-hydrogen) atoms. The van der Waals surface area contributed by atoms with Gasteiger partial charge in [0.05, 0.1) is 13.2 Å². The quantitative estimate of drug-likeness (QED) is 0.427. The number of hydrogen-bond donors (Lipinski definition) is 3. The Kier molecular flexibility index (Phi) is 9.80. The van der Waals surface area contributed by atoms with Gasteiger partial charge in [0, 0.05) is 19.7 Å². The van der Waals surface area contributed by atoms with E-state index in [1.165, 1.54) is 0 Å². The fourth-order valence-electron chi connectivity index (χ4n) is 1.24. The van der Waals surface area contributed by atoms with Crippen LogP contribution in [0.3, 0.4) is 0 Å². The molecule has 0 unspecified atom stereocenters. The number of hydrogen-bond acceptors (Lipinski definition) is 4. The smallest absolute Gasteiger partial charge is 0.0558 e. The Morgan fingerprint density at radius 3 is 1.69 bits per heavy atom. The fourth-order valence-corrected chi connectivity index (χ4v) is 1.24. The van der Waals surface area contributed by atoms with Gasteiger partial charge in [0.1, 0.15) is 0 Å².